The maximum atomic E-state index is 12.5. The van der Waals surface area contributed by atoms with Crippen LogP contribution in [0.15, 0.2) is 18.2 Å². The van der Waals surface area contributed by atoms with Gasteiger partial charge in [0.2, 0.25) is 15.3 Å². The van der Waals surface area contributed by atoms with E-state index in [-0.39, 0.29) is 11.4 Å². The summed E-state index contributed by atoms with van der Waals surface area (Å²) >= 11 is 0. The largest absolute Gasteiger partial charge is 0.496 e. The highest BCUT2D eigenvalue weighted by atomic mass is 28.3. The molecule has 177 valence electrons. The highest BCUT2D eigenvalue weighted by Crippen LogP contribution is 2.34. The van der Waals surface area contributed by atoms with Crippen LogP contribution in [0, 0.1) is 0 Å². The first-order valence-corrected chi connectivity index (χ1v) is 14.4. The van der Waals surface area contributed by atoms with Crippen LogP contribution in [0.5, 0.6) is 5.75 Å². The van der Waals surface area contributed by atoms with Gasteiger partial charge in [-0.1, -0.05) is 91.2 Å². The molecule has 0 aliphatic heterocycles. The average molecular weight is 450 g/mol. The molecule has 1 aromatic carbocycles. The van der Waals surface area contributed by atoms with E-state index in [9.17, 15) is 4.79 Å². The fourth-order valence-corrected chi connectivity index (χ4v) is 4.22. The van der Waals surface area contributed by atoms with Crippen LogP contribution in [0.2, 0.25) is 13.1 Å². The van der Waals surface area contributed by atoms with Crippen LogP contribution in [0.4, 0.5) is 0 Å². The van der Waals surface area contributed by atoms with Crippen LogP contribution < -0.4 is 4.74 Å². The number of esters is 1. The maximum absolute atomic E-state index is 12.5. The molecular weight excluding hydrogens is 404 g/mol. The molecule has 0 heterocycles. The second-order valence-corrected chi connectivity index (χ2v) is 11.7. The molecule has 31 heavy (non-hydrogen) atoms. The molecule has 1 unspecified atom stereocenters. The van der Waals surface area contributed by atoms with Crippen molar-refractivity contribution in [3.8, 4) is 5.75 Å². The molecule has 1 rings (SSSR count). The predicted molar refractivity (Wildman–Crippen MR) is 131 cm³/mol. The van der Waals surface area contributed by atoms with Crippen molar-refractivity contribution in [3.63, 3.8) is 0 Å². The molecule has 0 bridgehead atoms. The third kappa shape index (κ3) is 11.2. The highest BCUT2D eigenvalue weighted by molar-refractivity contribution is 6.48. The van der Waals surface area contributed by atoms with Gasteiger partial charge in [0.05, 0.1) is 7.11 Å². The molecule has 0 amide bonds. The van der Waals surface area contributed by atoms with Gasteiger partial charge < -0.3 is 13.9 Å². The van der Waals surface area contributed by atoms with E-state index in [1.807, 2.05) is 25.2 Å². The van der Waals surface area contributed by atoms with Crippen molar-refractivity contribution >= 4 is 15.0 Å². The van der Waals surface area contributed by atoms with Gasteiger partial charge in [0.25, 0.3) is 0 Å². The van der Waals surface area contributed by atoms with Crippen molar-refractivity contribution in [1.29, 1.82) is 0 Å². The predicted octanol–water partition coefficient (Wildman–Crippen LogP) is 7.72. The third-order valence-electron chi connectivity index (χ3n) is 5.37. The first-order chi connectivity index (χ1) is 14.7. The summed E-state index contributed by atoms with van der Waals surface area (Å²) in [5.74, 6) is 0.615. The summed E-state index contributed by atoms with van der Waals surface area (Å²) < 4.78 is 17.4. The lowest BCUT2D eigenvalue weighted by Gasteiger charge is -2.25. The first kappa shape index (κ1) is 27.7. The lowest BCUT2D eigenvalue weighted by molar-refractivity contribution is -0.165. The summed E-state index contributed by atoms with van der Waals surface area (Å²) in [7, 11) is 0.633. The summed E-state index contributed by atoms with van der Waals surface area (Å²) in [6, 6.07) is 5.99. The second kappa shape index (κ2) is 14.7. The Kier molecular flexibility index (Phi) is 13.1. The van der Waals surface area contributed by atoms with Crippen LogP contribution in [0.25, 0.3) is 0 Å². The smallest absolute Gasteiger partial charge is 0.308 e. The van der Waals surface area contributed by atoms with E-state index in [1.165, 1.54) is 44.9 Å². The Hall–Kier alpha value is -1.33. The van der Waals surface area contributed by atoms with E-state index in [0.29, 0.717) is 6.42 Å². The molecule has 0 fully saturated rings. The molecule has 1 aromatic rings. The van der Waals surface area contributed by atoms with Crippen molar-refractivity contribution in [2.45, 2.75) is 117 Å². The molecule has 0 spiro atoms. The fourth-order valence-electron chi connectivity index (χ4n) is 3.61. The number of methoxy groups -OCH3 is 1. The van der Waals surface area contributed by atoms with Crippen LogP contribution in [-0.4, -0.2) is 22.1 Å². The van der Waals surface area contributed by atoms with Crippen LogP contribution in [-0.2, 0) is 19.4 Å². The maximum Gasteiger partial charge on any atom is 0.308 e. The SMILES string of the molecule is CCCCCCCCCCCC(=O)OC(O[Si](C)C)c1ccc(C(C)(C)C)c(OC)c1. The Balaban J connectivity index is 2.58. The van der Waals surface area contributed by atoms with Crippen LogP contribution >= 0.6 is 0 Å². The number of ether oxygens (including phenoxy) is 2. The number of unbranched alkanes of at least 4 members (excludes halogenated alkanes) is 8. The molecule has 1 atom stereocenters. The number of rotatable bonds is 15. The van der Waals surface area contributed by atoms with E-state index < -0.39 is 15.3 Å². The Morgan fingerprint density at radius 3 is 2.06 bits per heavy atom. The monoisotopic (exact) mass is 449 g/mol. The standard InChI is InChI=1S/C26H45O4Si/c1-8-9-10-11-12-13-14-15-16-17-24(27)29-25(30-31(6)7)21-18-19-22(26(2,3)4)23(20-21)28-5/h18-20,25H,8-17H2,1-7H3. The Labute approximate surface area is 192 Å². The van der Waals surface area contributed by atoms with Crippen molar-refractivity contribution in [1.82, 2.24) is 0 Å². The number of carbonyl (C=O) groups is 1. The zero-order valence-corrected chi connectivity index (χ0v) is 22.0. The van der Waals surface area contributed by atoms with Crippen LogP contribution in [0.1, 0.15) is 109 Å². The Bertz CT molecular complexity index is 637. The number of carbonyl (C=O) groups excluding carboxylic acids is 1. The van der Waals surface area contributed by atoms with Crippen molar-refractivity contribution in [3.05, 3.63) is 29.3 Å². The minimum Gasteiger partial charge on any atom is -0.496 e. The van der Waals surface area contributed by atoms with E-state index in [4.69, 9.17) is 13.9 Å². The molecule has 0 aliphatic carbocycles. The summed E-state index contributed by atoms with van der Waals surface area (Å²) in [6.45, 7) is 12.8. The molecule has 1 radical (unpaired) electrons. The van der Waals surface area contributed by atoms with Crippen molar-refractivity contribution < 1.29 is 18.7 Å². The van der Waals surface area contributed by atoms with Crippen molar-refractivity contribution in [2.75, 3.05) is 7.11 Å². The van der Waals surface area contributed by atoms with Gasteiger partial charge >= 0.3 is 5.97 Å². The molecule has 0 aliphatic rings. The van der Waals surface area contributed by atoms with Gasteiger partial charge in [0.1, 0.15) is 5.75 Å². The second-order valence-electron chi connectivity index (χ2n) is 9.64. The molecule has 0 saturated carbocycles. The van der Waals surface area contributed by atoms with Gasteiger partial charge in [-0.05, 0) is 36.6 Å². The van der Waals surface area contributed by atoms with Gasteiger partial charge in [-0.2, -0.15) is 0 Å². The average Bonchev–Trinajstić information content (AvgIpc) is 2.70. The van der Waals surface area contributed by atoms with Gasteiger partial charge in [-0.25, -0.2) is 0 Å². The molecule has 5 heteroatoms. The fraction of sp³-hybridized carbons (Fsp3) is 0.731. The molecule has 0 aromatic heterocycles. The molecule has 0 saturated heterocycles. The first-order valence-electron chi connectivity index (χ1n) is 12.0. The van der Waals surface area contributed by atoms with Crippen molar-refractivity contribution in [2.24, 2.45) is 0 Å². The van der Waals surface area contributed by atoms with E-state index in [0.717, 1.165) is 29.7 Å². The highest BCUT2D eigenvalue weighted by Gasteiger charge is 2.24. The summed E-state index contributed by atoms with van der Waals surface area (Å²) in [6.07, 6.45) is 10.8. The third-order valence-corrected chi connectivity index (χ3v) is 6.06. The van der Waals surface area contributed by atoms with Gasteiger partial charge in [0, 0.05) is 12.0 Å². The minimum atomic E-state index is -1.04. The molecule has 4 nitrogen and oxygen atoms in total. The molecule has 0 N–H and O–H groups in total. The number of benzene rings is 1. The van der Waals surface area contributed by atoms with Gasteiger partial charge in [-0.3, -0.25) is 4.79 Å². The summed E-state index contributed by atoms with van der Waals surface area (Å²) in [5, 5.41) is 0. The summed E-state index contributed by atoms with van der Waals surface area (Å²) in [4.78, 5) is 12.5. The van der Waals surface area contributed by atoms with Gasteiger partial charge in [0.15, 0.2) is 0 Å². The topological polar surface area (TPSA) is 44.8 Å². The van der Waals surface area contributed by atoms with Gasteiger partial charge in [-0.15, -0.1) is 0 Å². The number of hydrogen-bond donors (Lipinski definition) is 0. The van der Waals surface area contributed by atoms with E-state index in [2.05, 4.69) is 33.8 Å². The lowest BCUT2D eigenvalue weighted by Crippen LogP contribution is -2.20. The van der Waals surface area contributed by atoms with Crippen LogP contribution in [0.3, 0.4) is 0 Å². The minimum absolute atomic E-state index is 0.0304. The van der Waals surface area contributed by atoms with E-state index >= 15 is 0 Å². The zero-order chi connectivity index (χ0) is 23.3. The zero-order valence-electron chi connectivity index (χ0n) is 21.0. The van der Waals surface area contributed by atoms with E-state index in [1.54, 1.807) is 7.11 Å². The summed E-state index contributed by atoms with van der Waals surface area (Å²) in [5.41, 5.74) is 1.92. The molecular formula is C26H45O4Si. The quantitative estimate of drug-likeness (QED) is 0.119. The Morgan fingerprint density at radius 2 is 1.55 bits per heavy atom. The Morgan fingerprint density at radius 1 is 0.968 bits per heavy atom. The lowest BCUT2D eigenvalue weighted by atomic mass is 9.86. The number of hydrogen-bond acceptors (Lipinski definition) is 4. The normalized spacial score (nSPS) is 12.8.